The first-order chi connectivity index (χ1) is 12.8. The molecule has 0 bridgehead atoms. The molecule has 0 amide bonds. The average Bonchev–Trinajstić information content (AvgIpc) is 3.03. The van der Waals surface area contributed by atoms with Crippen molar-refractivity contribution < 1.29 is 8.42 Å². The first-order valence-corrected chi connectivity index (χ1v) is 10.1. The summed E-state index contributed by atoms with van der Waals surface area (Å²) in [7, 11) is -3.72. The Bertz CT molecular complexity index is 1050. The number of rotatable bonds is 5. The van der Waals surface area contributed by atoms with Crippen LogP contribution in [-0.2, 0) is 16.6 Å². The second-order valence-electron chi connectivity index (χ2n) is 5.70. The van der Waals surface area contributed by atoms with Gasteiger partial charge in [-0.1, -0.05) is 23.7 Å². The summed E-state index contributed by atoms with van der Waals surface area (Å²) in [5.74, 6) is 0. The molecule has 7 nitrogen and oxygen atoms in total. The first kappa shape index (κ1) is 19.3. The van der Waals surface area contributed by atoms with Crippen LogP contribution < -0.4 is 15.8 Å². The molecule has 1 aromatic heterocycles. The number of anilines is 2. The highest BCUT2D eigenvalue weighted by molar-refractivity contribution is 7.89. The third kappa shape index (κ3) is 5.51. The molecule has 3 rings (SSSR count). The molecule has 2 aromatic carbocycles. The number of thiocarbonyl (C=S) groups is 1. The normalized spacial score (nSPS) is 11.2. The lowest BCUT2D eigenvalue weighted by Crippen LogP contribution is -2.19. The molecule has 0 atom stereocenters. The van der Waals surface area contributed by atoms with Crippen molar-refractivity contribution in [2.75, 3.05) is 10.6 Å². The number of aromatic nitrogens is 2. The SMILES string of the molecule is NS(=O)(=O)c1ccc(NC(=S)Nc2cnn(Cc3ccc(Cl)cc3)c2)cc1. The van der Waals surface area contributed by atoms with Gasteiger partial charge < -0.3 is 10.6 Å². The largest absolute Gasteiger partial charge is 0.332 e. The maximum absolute atomic E-state index is 11.3. The fourth-order valence-corrected chi connectivity index (χ4v) is 3.19. The van der Waals surface area contributed by atoms with Gasteiger partial charge in [0.2, 0.25) is 10.0 Å². The van der Waals surface area contributed by atoms with E-state index in [9.17, 15) is 8.42 Å². The molecule has 0 aliphatic rings. The number of primary sulfonamides is 1. The highest BCUT2D eigenvalue weighted by atomic mass is 35.5. The minimum Gasteiger partial charge on any atom is -0.332 e. The van der Waals surface area contributed by atoms with Gasteiger partial charge >= 0.3 is 0 Å². The Morgan fingerprint density at radius 1 is 1.07 bits per heavy atom. The van der Waals surface area contributed by atoms with Gasteiger partial charge in [-0.2, -0.15) is 5.10 Å². The van der Waals surface area contributed by atoms with Crippen molar-refractivity contribution in [3.8, 4) is 0 Å². The predicted molar refractivity (Wildman–Crippen MR) is 110 cm³/mol. The minimum atomic E-state index is -3.72. The zero-order valence-corrected chi connectivity index (χ0v) is 16.4. The maximum atomic E-state index is 11.3. The van der Waals surface area contributed by atoms with Gasteiger partial charge in [0.25, 0.3) is 0 Å². The van der Waals surface area contributed by atoms with E-state index in [1.165, 1.54) is 12.1 Å². The number of halogens is 1. The summed E-state index contributed by atoms with van der Waals surface area (Å²) in [4.78, 5) is 0.0374. The van der Waals surface area contributed by atoms with Crippen molar-refractivity contribution in [1.82, 2.24) is 9.78 Å². The summed E-state index contributed by atoms with van der Waals surface area (Å²) in [5, 5.41) is 16.4. The number of hydrogen-bond donors (Lipinski definition) is 3. The Morgan fingerprint density at radius 3 is 2.33 bits per heavy atom. The van der Waals surface area contributed by atoms with Crippen LogP contribution in [0.25, 0.3) is 0 Å². The number of nitrogens with one attached hydrogen (secondary N) is 2. The summed E-state index contributed by atoms with van der Waals surface area (Å²) >= 11 is 11.1. The fourth-order valence-electron chi connectivity index (χ4n) is 2.31. The number of sulfonamides is 1. The van der Waals surface area contributed by atoms with E-state index in [1.54, 1.807) is 23.0 Å². The highest BCUT2D eigenvalue weighted by Gasteiger charge is 2.07. The van der Waals surface area contributed by atoms with E-state index < -0.39 is 10.0 Å². The Hall–Kier alpha value is -2.46. The van der Waals surface area contributed by atoms with Crippen molar-refractivity contribution in [3.63, 3.8) is 0 Å². The van der Waals surface area contributed by atoms with Gasteiger partial charge in [0, 0.05) is 16.9 Å². The zero-order chi connectivity index (χ0) is 19.4. The van der Waals surface area contributed by atoms with Gasteiger partial charge in [0.1, 0.15) is 0 Å². The van der Waals surface area contributed by atoms with E-state index in [1.807, 2.05) is 30.5 Å². The lowest BCUT2D eigenvalue weighted by Gasteiger charge is -2.09. The molecule has 0 unspecified atom stereocenters. The van der Waals surface area contributed by atoms with Crippen LogP contribution in [-0.4, -0.2) is 23.3 Å². The topological polar surface area (TPSA) is 102 Å². The smallest absolute Gasteiger partial charge is 0.238 e. The summed E-state index contributed by atoms with van der Waals surface area (Å²) < 4.78 is 24.3. The predicted octanol–water partition coefficient (Wildman–Crippen LogP) is 3.04. The van der Waals surface area contributed by atoms with Crippen LogP contribution in [0.4, 0.5) is 11.4 Å². The lowest BCUT2D eigenvalue weighted by atomic mass is 10.2. The zero-order valence-electron chi connectivity index (χ0n) is 14.0. The quantitative estimate of drug-likeness (QED) is 0.547. The van der Waals surface area contributed by atoms with Crippen LogP contribution in [0, 0.1) is 0 Å². The molecule has 0 aliphatic heterocycles. The molecule has 10 heteroatoms. The molecular weight excluding hydrogens is 406 g/mol. The van der Waals surface area contributed by atoms with Crippen LogP contribution >= 0.6 is 23.8 Å². The fraction of sp³-hybridized carbons (Fsp3) is 0.0588. The molecule has 1 heterocycles. The molecule has 0 saturated heterocycles. The summed E-state index contributed by atoms with van der Waals surface area (Å²) in [6, 6.07) is 13.5. The second-order valence-corrected chi connectivity index (χ2v) is 8.11. The van der Waals surface area contributed by atoms with Crippen LogP contribution in [0.2, 0.25) is 5.02 Å². The van der Waals surface area contributed by atoms with E-state index in [0.29, 0.717) is 22.4 Å². The van der Waals surface area contributed by atoms with Gasteiger partial charge in [-0.25, -0.2) is 13.6 Å². The van der Waals surface area contributed by atoms with Crippen molar-refractivity contribution >= 4 is 50.3 Å². The Labute approximate surface area is 167 Å². The van der Waals surface area contributed by atoms with Crippen LogP contribution in [0.1, 0.15) is 5.56 Å². The first-order valence-electron chi connectivity index (χ1n) is 7.77. The number of hydrogen-bond acceptors (Lipinski definition) is 4. The molecule has 0 radical (unpaired) electrons. The summed E-state index contributed by atoms with van der Waals surface area (Å²) in [6.07, 6.45) is 3.49. The van der Waals surface area contributed by atoms with Gasteiger partial charge in [-0.3, -0.25) is 4.68 Å². The summed E-state index contributed by atoms with van der Waals surface area (Å²) in [5.41, 5.74) is 2.43. The molecule has 0 aliphatic carbocycles. The molecule has 27 heavy (non-hydrogen) atoms. The molecule has 0 spiro atoms. The number of nitrogens with zero attached hydrogens (tertiary/aromatic N) is 2. The monoisotopic (exact) mass is 421 g/mol. The Morgan fingerprint density at radius 2 is 1.70 bits per heavy atom. The third-order valence-corrected chi connectivity index (χ3v) is 4.97. The van der Waals surface area contributed by atoms with Crippen molar-refractivity contribution in [2.45, 2.75) is 11.4 Å². The van der Waals surface area contributed by atoms with Crippen molar-refractivity contribution in [1.29, 1.82) is 0 Å². The molecular formula is C17H16ClN5O2S2. The van der Waals surface area contributed by atoms with Gasteiger partial charge in [-0.15, -0.1) is 0 Å². The van der Waals surface area contributed by atoms with E-state index in [4.69, 9.17) is 29.0 Å². The molecule has 140 valence electrons. The molecule has 4 N–H and O–H groups in total. The van der Waals surface area contributed by atoms with Crippen LogP contribution in [0.5, 0.6) is 0 Å². The van der Waals surface area contributed by atoms with Gasteiger partial charge in [0.05, 0.1) is 23.3 Å². The van der Waals surface area contributed by atoms with Gasteiger partial charge in [-0.05, 0) is 54.2 Å². The number of benzene rings is 2. The second kappa shape index (κ2) is 8.05. The third-order valence-electron chi connectivity index (χ3n) is 3.59. The lowest BCUT2D eigenvalue weighted by molar-refractivity contribution is 0.598. The average molecular weight is 422 g/mol. The van der Waals surface area contributed by atoms with E-state index in [0.717, 1.165) is 11.3 Å². The van der Waals surface area contributed by atoms with E-state index >= 15 is 0 Å². The van der Waals surface area contributed by atoms with E-state index in [2.05, 4.69) is 15.7 Å². The number of nitrogens with two attached hydrogens (primary N) is 1. The molecule has 0 fully saturated rings. The molecule has 0 saturated carbocycles. The van der Waals surface area contributed by atoms with Crippen LogP contribution in [0.3, 0.4) is 0 Å². The standard InChI is InChI=1S/C17H16ClN5O2S2/c18-13-3-1-12(2-4-13)10-23-11-15(9-20-23)22-17(26)21-14-5-7-16(8-6-14)27(19,24)25/h1-9,11H,10H2,(H2,19,24,25)(H2,21,22,26). The van der Waals surface area contributed by atoms with Crippen molar-refractivity contribution in [2.24, 2.45) is 5.14 Å². The minimum absolute atomic E-state index is 0.0374. The maximum Gasteiger partial charge on any atom is 0.238 e. The summed E-state index contributed by atoms with van der Waals surface area (Å²) in [6.45, 7) is 0.605. The highest BCUT2D eigenvalue weighted by Crippen LogP contribution is 2.15. The van der Waals surface area contributed by atoms with E-state index in [-0.39, 0.29) is 4.90 Å². The van der Waals surface area contributed by atoms with Crippen LogP contribution in [0.15, 0.2) is 65.8 Å². The van der Waals surface area contributed by atoms with Gasteiger partial charge in [0.15, 0.2) is 5.11 Å². The van der Waals surface area contributed by atoms with Crippen molar-refractivity contribution in [3.05, 3.63) is 71.5 Å². The Kier molecular flexibility index (Phi) is 5.76. The Balaban J connectivity index is 1.58. The molecule has 3 aromatic rings.